The summed E-state index contributed by atoms with van der Waals surface area (Å²) < 4.78 is 0. The maximum atomic E-state index is 12.6. The zero-order chi connectivity index (χ0) is 20.9. The summed E-state index contributed by atoms with van der Waals surface area (Å²) in [4.78, 5) is 12.6. The van der Waals surface area contributed by atoms with Crippen LogP contribution in [0, 0.1) is 12.8 Å². The molecule has 2 saturated carbocycles. The first-order chi connectivity index (χ1) is 14.5. The van der Waals surface area contributed by atoms with Crippen molar-refractivity contribution in [2.75, 3.05) is 11.9 Å². The van der Waals surface area contributed by atoms with Gasteiger partial charge >= 0.3 is 0 Å². The van der Waals surface area contributed by atoms with E-state index in [9.17, 15) is 15.0 Å². The summed E-state index contributed by atoms with van der Waals surface area (Å²) in [6.45, 7) is 2.82. The number of hydrogen-bond donors (Lipinski definition) is 4. The molecule has 158 valence electrons. The maximum Gasteiger partial charge on any atom is 0.251 e. The highest BCUT2D eigenvalue weighted by Crippen LogP contribution is 2.50. The summed E-state index contributed by atoms with van der Waals surface area (Å²) in [6, 6.07) is 12.2. The topological polar surface area (TPSA) is 81.6 Å². The molecule has 1 amide bonds. The van der Waals surface area contributed by atoms with Crippen LogP contribution >= 0.6 is 0 Å². The molecule has 1 spiro atoms. The minimum atomic E-state index is -0.629. The molecule has 0 saturated heterocycles. The second-order valence-electron chi connectivity index (χ2n) is 9.38. The van der Waals surface area contributed by atoms with Gasteiger partial charge in [-0.15, -0.1) is 0 Å². The minimum absolute atomic E-state index is 0.0161. The van der Waals surface area contributed by atoms with Crippen LogP contribution in [0.3, 0.4) is 0 Å². The lowest BCUT2D eigenvalue weighted by Gasteiger charge is -2.38. The highest BCUT2D eigenvalue weighted by molar-refractivity contribution is 5.96. The first-order valence-corrected chi connectivity index (χ1v) is 11.1. The van der Waals surface area contributed by atoms with Gasteiger partial charge in [0.05, 0.1) is 6.10 Å². The summed E-state index contributed by atoms with van der Waals surface area (Å²) in [5.74, 6) is 0.638. The number of amides is 1. The quantitative estimate of drug-likeness (QED) is 0.624. The summed E-state index contributed by atoms with van der Waals surface area (Å²) in [6.07, 6.45) is 4.54. The Labute approximate surface area is 177 Å². The number of rotatable bonds is 4. The fourth-order valence-corrected chi connectivity index (χ4v) is 5.09. The third kappa shape index (κ3) is 3.40. The maximum absolute atomic E-state index is 12.6. The Morgan fingerprint density at radius 1 is 1.10 bits per heavy atom. The van der Waals surface area contributed by atoms with Gasteiger partial charge in [0.25, 0.3) is 5.91 Å². The lowest BCUT2D eigenvalue weighted by atomic mass is 9.69. The minimum Gasteiger partial charge on any atom is -0.393 e. The Kier molecular flexibility index (Phi) is 4.83. The molecule has 1 heterocycles. The van der Waals surface area contributed by atoms with Gasteiger partial charge in [0, 0.05) is 23.2 Å². The molecule has 0 radical (unpaired) electrons. The molecule has 5 nitrogen and oxygen atoms in total. The van der Waals surface area contributed by atoms with E-state index < -0.39 is 6.23 Å². The van der Waals surface area contributed by atoms with Crippen LogP contribution in [0.15, 0.2) is 36.4 Å². The third-order valence-electron chi connectivity index (χ3n) is 7.28. The van der Waals surface area contributed by atoms with Crippen LogP contribution in [-0.4, -0.2) is 35.0 Å². The predicted molar refractivity (Wildman–Crippen MR) is 117 cm³/mol. The molecule has 2 aromatic carbocycles. The molecule has 0 bridgehead atoms. The van der Waals surface area contributed by atoms with Gasteiger partial charge < -0.3 is 20.8 Å². The molecule has 5 heteroatoms. The first-order valence-electron chi connectivity index (χ1n) is 11.1. The van der Waals surface area contributed by atoms with Crippen LogP contribution in [0.25, 0.3) is 11.1 Å². The number of carbonyl (C=O) groups is 1. The smallest absolute Gasteiger partial charge is 0.251 e. The molecule has 1 atom stereocenters. The lowest BCUT2D eigenvalue weighted by molar-refractivity contribution is 0.0377. The fourth-order valence-electron chi connectivity index (χ4n) is 5.09. The predicted octanol–water partition coefficient (Wildman–Crippen LogP) is 3.72. The van der Waals surface area contributed by atoms with Crippen molar-refractivity contribution in [1.29, 1.82) is 0 Å². The normalized spacial score (nSPS) is 27.6. The Hall–Kier alpha value is -2.37. The molecule has 5 rings (SSSR count). The number of fused-ring (bicyclic) bond motifs is 2. The van der Waals surface area contributed by atoms with Crippen molar-refractivity contribution < 1.29 is 15.0 Å². The molecule has 3 aliphatic rings. The molecule has 2 aromatic rings. The molecule has 30 heavy (non-hydrogen) atoms. The Bertz CT molecular complexity index is 974. The van der Waals surface area contributed by atoms with Crippen molar-refractivity contribution in [1.82, 2.24) is 5.32 Å². The number of carbonyl (C=O) groups excluding carboxylic acids is 1. The van der Waals surface area contributed by atoms with Gasteiger partial charge in [-0.05, 0) is 91.8 Å². The van der Waals surface area contributed by atoms with Crippen molar-refractivity contribution in [2.24, 2.45) is 5.92 Å². The van der Waals surface area contributed by atoms with Crippen molar-refractivity contribution in [3.63, 3.8) is 0 Å². The zero-order valence-electron chi connectivity index (χ0n) is 17.4. The number of aliphatic hydroxyl groups is 2. The monoisotopic (exact) mass is 406 g/mol. The average Bonchev–Trinajstić information content (AvgIpc) is 3.53. The summed E-state index contributed by atoms with van der Waals surface area (Å²) in [7, 11) is 0. The molecule has 2 aliphatic carbocycles. The van der Waals surface area contributed by atoms with Crippen LogP contribution in [0.4, 0.5) is 5.69 Å². The number of aliphatic hydroxyl groups excluding tert-OH is 2. The van der Waals surface area contributed by atoms with Crippen molar-refractivity contribution in [3.8, 4) is 11.1 Å². The van der Waals surface area contributed by atoms with Gasteiger partial charge in [0.15, 0.2) is 0 Å². The molecule has 0 aromatic heterocycles. The van der Waals surface area contributed by atoms with Crippen molar-refractivity contribution in [3.05, 3.63) is 53.1 Å². The van der Waals surface area contributed by atoms with Crippen LogP contribution in [0.1, 0.15) is 60.0 Å². The van der Waals surface area contributed by atoms with Gasteiger partial charge in [-0.25, -0.2) is 0 Å². The number of hydrogen-bond acceptors (Lipinski definition) is 4. The van der Waals surface area contributed by atoms with E-state index in [-0.39, 0.29) is 17.4 Å². The van der Waals surface area contributed by atoms with Crippen LogP contribution in [0.2, 0.25) is 0 Å². The van der Waals surface area contributed by atoms with Gasteiger partial charge in [0.2, 0.25) is 0 Å². The van der Waals surface area contributed by atoms with E-state index >= 15 is 0 Å². The summed E-state index contributed by atoms with van der Waals surface area (Å²) in [5.41, 5.74) is 5.65. The molecule has 4 N–H and O–H groups in total. The number of benzene rings is 2. The second-order valence-corrected chi connectivity index (χ2v) is 9.38. The van der Waals surface area contributed by atoms with Gasteiger partial charge in [-0.3, -0.25) is 4.79 Å². The molecular weight excluding hydrogens is 376 g/mol. The van der Waals surface area contributed by atoms with E-state index in [4.69, 9.17) is 0 Å². The van der Waals surface area contributed by atoms with Crippen molar-refractivity contribution in [2.45, 2.75) is 63.2 Å². The Balaban J connectivity index is 1.44. The number of anilines is 1. The van der Waals surface area contributed by atoms with Crippen molar-refractivity contribution >= 4 is 11.6 Å². The Morgan fingerprint density at radius 3 is 2.60 bits per heavy atom. The summed E-state index contributed by atoms with van der Waals surface area (Å²) in [5, 5.41) is 27.0. The number of aryl methyl sites for hydroxylation is 1. The molecule has 2 fully saturated rings. The van der Waals surface area contributed by atoms with Crippen LogP contribution in [0.5, 0.6) is 0 Å². The lowest BCUT2D eigenvalue weighted by Crippen LogP contribution is -2.42. The Morgan fingerprint density at radius 2 is 1.87 bits per heavy atom. The highest BCUT2D eigenvalue weighted by Gasteiger charge is 2.48. The zero-order valence-corrected chi connectivity index (χ0v) is 17.4. The van der Waals surface area contributed by atoms with Crippen LogP contribution < -0.4 is 10.6 Å². The van der Waals surface area contributed by atoms with E-state index in [0.717, 1.165) is 60.2 Å². The SMILES string of the molecule is Cc1ccc(C(=O)NCC2CC2)cc1-c1ccc2c(c1)N[C@H](O)C21CCC(O)CC1. The van der Waals surface area contributed by atoms with Gasteiger partial charge in [0.1, 0.15) is 6.23 Å². The second kappa shape index (κ2) is 7.40. The van der Waals surface area contributed by atoms with Crippen LogP contribution in [-0.2, 0) is 5.41 Å². The van der Waals surface area contributed by atoms with Gasteiger partial charge in [-0.2, -0.15) is 0 Å². The third-order valence-corrected chi connectivity index (χ3v) is 7.28. The molecular formula is C25H30N2O3. The van der Waals surface area contributed by atoms with E-state index in [2.05, 4.69) is 35.8 Å². The standard InChI is InChI=1S/C25H30N2O3/c1-15-2-5-18(23(29)26-14-16-3-4-16)12-20(15)17-6-7-21-22(13-17)27-24(30)25(21)10-8-19(28)9-11-25/h2,5-7,12-13,16,19,24,27-28,30H,3-4,8-11,14H2,1H3,(H,26,29)/t19?,24-,25?/m1/s1. The summed E-state index contributed by atoms with van der Waals surface area (Å²) >= 11 is 0. The van der Waals surface area contributed by atoms with E-state index in [1.807, 2.05) is 18.2 Å². The average molecular weight is 407 g/mol. The van der Waals surface area contributed by atoms with Gasteiger partial charge in [-0.1, -0.05) is 18.2 Å². The van der Waals surface area contributed by atoms with E-state index in [1.165, 1.54) is 12.8 Å². The fraction of sp³-hybridized carbons (Fsp3) is 0.480. The largest absolute Gasteiger partial charge is 0.393 e. The first kappa shape index (κ1) is 19.6. The number of nitrogens with one attached hydrogen (secondary N) is 2. The molecule has 1 aliphatic heterocycles. The van der Waals surface area contributed by atoms with E-state index in [1.54, 1.807) is 0 Å². The molecule has 0 unspecified atom stereocenters. The highest BCUT2D eigenvalue weighted by atomic mass is 16.3. The van der Waals surface area contributed by atoms with E-state index in [0.29, 0.717) is 11.5 Å².